The molecule has 3 aliphatic rings. The molecule has 0 aromatic carbocycles. The lowest BCUT2D eigenvalue weighted by Crippen LogP contribution is -2.33. The first-order chi connectivity index (χ1) is 8.34. The summed E-state index contributed by atoms with van der Waals surface area (Å²) in [4.78, 5) is 16.2. The predicted molar refractivity (Wildman–Crippen MR) is 67.9 cm³/mol. The predicted octanol–water partition coefficient (Wildman–Crippen LogP) is 1.64. The second-order valence-electron chi connectivity index (χ2n) is 4.77. The number of amides is 1. The Morgan fingerprint density at radius 3 is 2.88 bits per heavy atom. The molecule has 1 N–H and O–H groups in total. The molecule has 1 saturated heterocycles. The average Bonchev–Trinajstić information content (AvgIpc) is 2.40. The van der Waals surface area contributed by atoms with Gasteiger partial charge in [-0.3, -0.25) is 4.79 Å². The number of carbonyl (C=O) groups is 1. The average molecular weight is 228 g/mol. The summed E-state index contributed by atoms with van der Waals surface area (Å²) in [7, 11) is 0. The van der Waals surface area contributed by atoms with Crippen molar-refractivity contribution >= 4 is 11.6 Å². The van der Waals surface area contributed by atoms with Crippen molar-refractivity contribution < 1.29 is 4.79 Å². The Morgan fingerprint density at radius 2 is 2.06 bits per heavy atom. The maximum Gasteiger partial charge on any atom is 0.257 e. The molecule has 2 aliphatic heterocycles. The second kappa shape index (κ2) is 4.41. The van der Waals surface area contributed by atoms with Crippen molar-refractivity contribution in [3.05, 3.63) is 36.0 Å². The fraction of sp³-hybridized carbons (Fsp3) is 0.429. The van der Waals surface area contributed by atoms with Crippen LogP contribution in [0, 0.1) is 11.8 Å². The van der Waals surface area contributed by atoms with E-state index >= 15 is 0 Å². The van der Waals surface area contributed by atoms with Gasteiger partial charge in [-0.05, 0) is 37.6 Å². The lowest BCUT2D eigenvalue weighted by Gasteiger charge is -2.26. The number of nitrogens with one attached hydrogen (secondary N) is 1. The molecule has 0 saturated carbocycles. The molecule has 3 rings (SSSR count). The topological polar surface area (TPSA) is 41.5 Å². The van der Waals surface area contributed by atoms with Crippen LogP contribution in [0.3, 0.4) is 0 Å². The maximum atomic E-state index is 12.0. The van der Waals surface area contributed by atoms with E-state index in [2.05, 4.69) is 16.4 Å². The number of fused-ring (bicyclic) bond motifs is 1. The van der Waals surface area contributed by atoms with Gasteiger partial charge in [0.05, 0.1) is 5.92 Å². The van der Waals surface area contributed by atoms with Crippen molar-refractivity contribution in [3.8, 4) is 0 Å². The number of hydrogen-bond acceptors (Lipinski definition) is 2. The van der Waals surface area contributed by atoms with Gasteiger partial charge in [-0.1, -0.05) is 24.3 Å². The first-order valence-corrected chi connectivity index (χ1v) is 6.24. The Labute approximate surface area is 101 Å². The molecular weight excluding hydrogens is 212 g/mol. The molecule has 1 amide bonds. The van der Waals surface area contributed by atoms with Crippen LogP contribution in [-0.2, 0) is 4.79 Å². The molecule has 1 atom stereocenters. The molecule has 2 heterocycles. The van der Waals surface area contributed by atoms with Crippen molar-refractivity contribution in [2.75, 3.05) is 13.1 Å². The molecule has 17 heavy (non-hydrogen) atoms. The summed E-state index contributed by atoms with van der Waals surface area (Å²) in [6, 6.07) is 0. The summed E-state index contributed by atoms with van der Waals surface area (Å²) >= 11 is 0. The number of piperidine rings is 1. The number of rotatable bonds is 1. The molecule has 0 aromatic heterocycles. The van der Waals surface area contributed by atoms with Crippen LogP contribution in [0.1, 0.15) is 12.8 Å². The summed E-state index contributed by atoms with van der Waals surface area (Å²) in [6.07, 6.45) is 12.1. The number of aliphatic imine (C=N–C) groups is 1. The van der Waals surface area contributed by atoms with Gasteiger partial charge in [0.15, 0.2) is 0 Å². The minimum absolute atomic E-state index is 0.00312. The van der Waals surface area contributed by atoms with Gasteiger partial charge >= 0.3 is 0 Å². The summed E-state index contributed by atoms with van der Waals surface area (Å²) in [5.74, 6) is 0.315. The number of allylic oxidation sites excluding steroid dienone is 4. The zero-order valence-electron chi connectivity index (χ0n) is 9.73. The van der Waals surface area contributed by atoms with E-state index in [-0.39, 0.29) is 11.8 Å². The van der Waals surface area contributed by atoms with Gasteiger partial charge in [-0.2, -0.15) is 0 Å². The largest absolute Gasteiger partial charge is 0.317 e. The highest BCUT2D eigenvalue weighted by Gasteiger charge is 2.28. The lowest BCUT2D eigenvalue weighted by atomic mass is 9.85. The van der Waals surface area contributed by atoms with Gasteiger partial charge < -0.3 is 5.32 Å². The number of nitrogens with zero attached hydrogens (tertiary/aromatic N) is 1. The number of hydrogen-bond donors (Lipinski definition) is 1. The molecule has 3 nitrogen and oxygen atoms in total. The Balaban J connectivity index is 1.87. The van der Waals surface area contributed by atoms with Crippen LogP contribution in [0.2, 0.25) is 0 Å². The van der Waals surface area contributed by atoms with Crippen molar-refractivity contribution in [2.45, 2.75) is 12.8 Å². The van der Waals surface area contributed by atoms with Crippen LogP contribution in [0.25, 0.3) is 0 Å². The summed E-state index contributed by atoms with van der Waals surface area (Å²) in [5, 5.41) is 3.34. The van der Waals surface area contributed by atoms with Crippen molar-refractivity contribution in [1.82, 2.24) is 5.32 Å². The fourth-order valence-corrected chi connectivity index (χ4v) is 2.65. The third-order valence-electron chi connectivity index (χ3n) is 3.64. The molecule has 88 valence electrons. The van der Waals surface area contributed by atoms with E-state index in [0.717, 1.165) is 37.2 Å². The Hall–Kier alpha value is -1.48. The number of dihydropyridines is 1. The third-order valence-corrected chi connectivity index (χ3v) is 3.64. The number of carbonyl (C=O) groups excluding carboxylic acids is 1. The van der Waals surface area contributed by atoms with Gasteiger partial charge in [0.1, 0.15) is 0 Å². The van der Waals surface area contributed by atoms with Gasteiger partial charge in [0.2, 0.25) is 0 Å². The van der Waals surface area contributed by atoms with Crippen molar-refractivity contribution in [1.29, 1.82) is 0 Å². The van der Waals surface area contributed by atoms with Gasteiger partial charge in [-0.15, -0.1) is 0 Å². The summed E-state index contributed by atoms with van der Waals surface area (Å²) < 4.78 is 0. The third kappa shape index (κ3) is 2.03. The standard InChI is InChI=1S/C14H16N2O/c17-14-12-4-2-1-3-11(12)9-13(16-14)10-5-7-15-8-6-10/h1-4,9-10,12,15H,5-8H2. The highest BCUT2D eigenvalue weighted by atomic mass is 16.1. The first kappa shape index (κ1) is 10.7. The monoisotopic (exact) mass is 228 g/mol. The first-order valence-electron chi connectivity index (χ1n) is 6.24. The van der Waals surface area contributed by atoms with Crippen molar-refractivity contribution in [2.24, 2.45) is 16.8 Å². The van der Waals surface area contributed by atoms with Crippen LogP contribution in [0.15, 0.2) is 40.9 Å². The molecule has 1 unspecified atom stereocenters. The van der Waals surface area contributed by atoms with Crippen LogP contribution < -0.4 is 5.32 Å². The van der Waals surface area contributed by atoms with Crippen molar-refractivity contribution in [3.63, 3.8) is 0 Å². The molecule has 1 fully saturated rings. The van der Waals surface area contributed by atoms with Gasteiger partial charge in [-0.25, -0.2) is 4.99 Å². The highest BCUT2D eigenvalue weighted by Crippen LogP contribution is 2.27. The molecule has 1 aliphatic carbocycles. The van der Waals surface area contributed by atoms with E-state index in [9.17, 15) is 4.79 Å². The van der Waals surface area contributed by atoms with E-state index in [1.165, 1.54) is 0 Å². The minimum atomic E-state index is -0.134. The normalized spacial score (nSPS) is 28.7. The quantitative estimate of drug-likeness (QED) is 0.741. The molecule has 0 aromatic rings. The summed E-state index contributed by atoms with van der Waals surface area (Å²) in [6.45, 7) is 2.06. The van der Waals surface area contributed by atoms with E-state index in [1.807, 2.05) is 24.3 Å². The Morgan fingerprint density at radius 1 is 1.24 bits per heavy atom. The summed E-state index contributed by atoms with van der Waals surface area (Å²) in [5.41, 5.74) is 2.09. The molecule has 0 radical (unpaired) electrons. The smallest absolute Gasteiger partial charge is 0.257 e. The highest BCUT2D eigenvalue weighted by molar-refractivity contribution is 6.09. The van der Waals surface area contributed by atoms with Crippen LogP contribution >= 0.6 is 0 Å². The van der Waals surface area contributed by atoms with Gasteiger partial charge in [0, 0.05) is 11.6 Å². The van der Waals surface area contributed by atoms with E-state index in [4.69, 9.17) is 0 Å². The molecule has 0 spiro atoms. The zero-order valence-corrected chi connectivity index (χ0v) is 9.73. The van der Waals surface area contributed by atoms with Gasteiger partial charge in [0.25, 0.3) is 5.91 Å². The van der Waals surface area contributed by atoms with Crippen LogP contribution in [-0.4, -0.2) is 24.7 Å². The van der Waals surface area contributed by atoms with E-state index in [1.54, 1.807) is 0 Å². The maximum absolute atomic E-state index is 12.0. The van der Waals surface area contributed by atoms with Crippen LogP contribution in [0.5, 0.6) is 0 Å². The SMILES string of the molecule is O=C1N=C(C2CCNCC2)C=C2C=CC=CC12. The zero-order chi connectivity index (χ0) is 11.7. The second-order valence-corrected chi connectivity index (χ2v) is 4.77. The lowest BCUT2D eigenvalue weighted by molar-refractivity contribution is -0.119. The Kier molecular flexibility index (Phi) is 2.77. The molecule has 0 bridgehead atoms. The van der Waals surface area contributed by atoms with E-state index in [0.29, 0.717) is 5.92 Å². The fourth-order valence-electron chi connectivity index (χ4n) is 2.65. The van der Waals surface area contributed by atoms with E-state index < -0.39 is 0 Å². The minimum Gasteiger partial charge on any atom is -0.317 e. The molecular formula is C14H16N2O. The Bertz CT molecular complexity index is 451. The van der Waals surface area contributed by atoms with Crippen LogP contribution in [0.4, 0.5) is 0 Å². The molecule has 3 heteroatoms.